The SMILES string of the molecule is CNC1CC(=O)N(c2coc3ccccc23)C1. The summed E-state index contributed by atoms with van der Waals surface area (Å²) in [5.41, 5.74) is 1.70. The molecule has 2 heterocycles. The van der Waals surface area contributed by atoms with E-state index in [9.17, 15) is 4.79 Å². The summed E-state index contributed by atoms with van der Waals surface area (Å²) in [6.45, 7) is 0.707. The van der Waals surface area contributed by atoms with Crippen molar-refractivity contribution in [3.05, 3.63) is 30.5 Å². The zero-order chi connectivity index (χ0) is 11.8. The molecule has 1 N–H and O–H groups in total. The lowest BCUT2D eigenvalue weighted by atomic mass is 10.2. The Labute approximate surface area is 99.2 Å². The Morgan fingerprint density at radius 2 is 2.24 bits per heavy atom. The molecule has 0 saturated carbocycles. The molecule has 1 aromatic heterocycles. The fourth-order valence-electron chi connectivity index (χ4n) is 2.31. The number of nitrogens with one attached hydrogen (secondary N) is 1. The molecule has 4 nitrogen and oxygen atoms in total. The predicted octanol–water partition coefficient (Wildman–Crippen LogP) is 1.76. The number of nitrogens with zero attached hydrogens (tertiary/aromatic N) is 1. The molecule has 17 heavy (non-hydrogen) atoms. The Hall–Kier alpha value is -1.81. The minimum Gasteiger partial charge on any atom is -0.462 e. The molecule has 1 atom stereocenters. The number of anilines is 1. The highest BCUT2D eigenvalue weighted by atomic mass is 16.3. The molecule has 1 amide bonds. The van der Waals surface area contributed by atoms with Crippen molar-refractivity contribution in [3.8, 4) is 0 Å². The smallest absolute Gasteiger partial charge is 0.228 e. The summed E-state index contributed by atoms with van der Waals surface area (Å²) < 4.78 is 5.46. The Morgan fingerprint density at radius 3 is 3.00 bits per heavy atom. The largest absolute Gasteiger partial charge is 0.462 e. The molecule has 1 aliphatic heterocycles. The number of likely N-dealkylation sites (N-methyl/N-ethyl adjacent to an activating group) is 1. The van der Waals surface area contributed by atoms with Crippen LogP contribution in [0.1, 0.15) is 6.42 Å². The quantitative estimate of drug-likeness (QED) is 0.855. The number of fused-ring (bicyclic) bond motifs is 1. The van der Waals surface area contributed by atoms with Crippen molar-refractivity contribution in [2.24, 2.45) is 0 Å². The average Bonchev–Trinajstić information content (AvgIpc) is 2.92. The molecule has 0 radical (unpaired) electrons. The zero-order valence-electron chi connectivity index (χ0n) is 9.64. The minimum absolute atomic E-state index is 0.149. The third kappa shape index (κ3) is 1.61. The normalized spacial score (nSPS) is 20.4. The van der Waals surface area contributed by atoms with Gasteiger partial charge in [-0.05, 0) is 19.2 Å². The van der Waals surface area contributed by atoms with Crippen LogP contribution in [-0.4, -0.2) is 25.5 Å². The van der Waals surface area contributed by atoms with Crippen LogP contribution in [0.2, 0.25) is 0 Å². The molecular weight excluding hydrogens is 216 g/mol. The lowest BCUT2D eigenvalue weighted by Crippen LogP contribution is -2.30. The van der Waals surface area contributed by atoms with Crippen molar-refractivity contribution in [2.75, 3.05) is 18.5 Å². The van der Waals surface area contributed by atoms with Crippen LogP contribution in [0.3, 0.4) is 0 Å². The molecular formula is C13H14N2O2. The monoisotopic (exact) mass is 230 g/mol. The minimum atomic E-state index is 0.149. The zero-order valence-corrected chi connectivity index (χ0v) is 9.64. The van der Waals surface area contributed by atoms with E-state index in [2.05, 4.69) is 5.32 Å². The Morgan fingerprint density at radius 1 is 1.41 bits per heavy atom. The first-order valence-corrected chi connectivity index (χ1v) is 5.73. The van der Waals surface area contributed by atoms with Crippen LogP contribution in [0.4, 0.5) is 5.69 Å². The van der Waals surface area contributed by atoms with Gasteiger partial charge in [-0.15, -0.1) is 0 Å². The van der Waals surface area contributed by atoms with Gasteiger partial charge in [-0.25, -0.2) is 0 Å². The van der Waals surface area contributed by atoms with Gasteiger partial charge in [0.2, 0.25) is 5.91 Å². The fourth-order valence-corrected chi connectivity index (χ4v) is 2.31. The van der Waals surface area contributed by atoms with Crippen LogP contribution in [0.25, 0.3) is 11.0 Å². The number of hydrogen-bond donors (Lipinski definition) is 1. The third-order valence-electron chi connectivity index (χ3n) is 3.28. The first-order valence-electron chi connectivity index (χ1n) is 5.73. The first kappa shape index (κ1) is 10.4. The number of rotatable bonds is 2. The highest BCUT2D eigenvalue weighted by molar-refractivity contribution is 6.04. The summed E-state index contributed by atoms with van der Waals surface area (Å²) >= 11 is 0. The topological polar surface area (TPSA) is 45.5 Å². The maximum absolute atomic E-state index is 11.9. The number of para-hydroxylation sites is 1. The number of carbonyl (C=O) groups excluding carboxylic acids is 1. The van der Waals surface area contributed by atoms with E-state index in [4.69, 9.17) is 4.42 Å². The molecule has 4 heteroatoms. The maximum Gasteiger partial charge on any atom is 0.228 e. The van der Waals surface area contributed by atoms with Gasteiger partial charge in [-0.1, -0.05) is 12.1 Å². The number of benzene rings is 1. The van der Waals surface area contributed by atoms with Gasteiger partial charge in [0, 0.05) is 24.4 Å². The van der Waals surface area contributed by atoms with Gasteiger partial charge in [-0.2, -0.15) is 0 Å². The predicted molar refractivity (Wildman–Crippen MR) is 66.0 cm³/mol. The van der Waals surface area contributed by atoms with Crippen LogP contribution in [0.5, 0.6) is 0 Å². The second kappa shape index (κ2) is 3.89. The number of furan rings is 1. The molecule has 0 bridgehead atoms. The van der Waals surface area contributed by atoms with E-state index >= 15 is 0 Å². The van der Waals surface area contributed by atoms with Crippen molar-refractivity contribution >= 4 is 22.6 Å². The summed E-state index contributed by atoms with van der Waals surface area (Å²) in [6.07, 6.45) is 2.22. The Kier molecular flexibility index (Phi) is 2.37. The molecule has 0 aliphatic carbocycles. The van der Waals surface area contributed by atoms with Crippen molar-refractivity contribution < 1.29 is 9.21 Å². The third-order valence-corrected chi connectivity index (χ3v) is 3.28. The molecule has 2 aromatic rings. The summed E-state index contributed by atoms with van der Waals surface area (Å²) in [7, 11) is 1.88. The van der Waals surface area contributed by atoms with Crippen molar-refractivity contribution in [3.63, 3.8) is 0 Å². The lowest BCUT2D eigenvalue weighted by Gasteiger charge is -2.14. The van der Waals surface area contributed by atoms with Crippen LogP contribution < -0.4 is 10.2 Å². The van der Waals surface area contributed by atoms with Gasteiger partial charge in [0.05, 0.1) is 5.69 Å². The summed E-state index contributed by atoms with van der Waals surface area (Å²) in [4.78, 5) is 13.7. The highest BCUT2D eigenvalue weighted by Crippen LogP contribution is 2.31. The number of carbonyl (C=O) groups is 1. The van der Waals surface area contributed by atoms with Crippen molar-refractivity contribution in [1.82, 2.24) is 5.32 Å². The molecule has 1 aliphatic rings. The molecule has 88 valence electrons. The number of hydrogen-bond acceptors (Lipinski definition) is 3. The highest BCUT2D eigenvalue weighted by Gasteiger charge is 2.31. The van der Waals surface area contributed by atoms with E-state index in [1.807, 2.05) is 31.3 Å². The van der Waals surface area contributed by atoms with E-state index in [0.29, 0.717) is 13.0 Å². The van der Waals surface area contributed by atoms with Gasteiger partial charge in [0.25, 0.3) is 0 Å². The molecule has 3 rings (SSSR count). The van der Waals surface area contributed by atoms with Crippen molar-refractivity contribution in [2.45, 2.75) is 12.5 Å². The van der Waals surface area contributed by atoms with Gasteiger partial charge in [0.1, 0.15) is 11.8 Å². The average molecular weight is 230 g/mol. The van der Waals surface area contributed by atoms with Crippen LogP contribution in [-0.2, 0) is 4.79 Å². The van der Waals surface area contributed by atoms with Gasteiger partial charge < -0.3 is 14.6 Å². The van der Waals surface area contributed by atoms with Gasteiger partial charge >= 0.3 is 0 Å². The van der Waals surface area contributed by atoms with E-state index in [-0.39, 0.29) is 11.9 Å². The molecule has 1 unspecified atom stereocenters. The summed E-state index contributed by atoms with van der Waals surface area (Å²) in [5, 5.41) is 4.14. The van der Waals surface area contributed by atoms with Gasteiger partial charge in [0.15, 0.2) is 0 Å². The van der Waals surface area contributed by atoms with E-state index < -0.39 is 0 Å². The molecule has 0 spiro atoms. The fraction of sp³-hybridized carbons (Fsp3) is 0.308. The summed E-state index contributed by atoms with van der Waals surface area (Å²) in [6, 6.07) is 8.01. The van der Waals surface area contributed by atoms with E-state index in [0.717, 1.165) is 16.7 Å². The molecule has 1 aromatic carbocycles. The summed E-state index contributed by atoms with van der Waals surface area (Å²) in [5.74, 6) is 0.149. The first-order chi connectivity index (χ1) is 8.29. The van der Waals surface area contributed by atoms with Crippen LogP contribution in [0, 0.1) is 0 Å². The van der Waals surface area contributed by atoms with Crippen LogP contribution in [0.15, 0.2) is 34.9 Å². The Bertz CT molecular complexity index is 561. The molecule has 1 saturated heterocycles. The second-order valence-corrected chi connectivity index (χ2v) is 4.31. The van der Waals surface area contributed by atoms with E-state index in [1.165, 1.54) is 0 Å². The lowest BCUT2D eigenvalue weighted by molar-refractivity contribution is -0.117. The number of amides is 1. The standard InChI is InChI=1S/C13H14N2O2/c1-14-9-6-13(16)15(7-9)11-8-17-12-5-3-2-4-10(11)12/h2-5,8-9,14H,6-7H2,1H3. The van der Waals surface area contributed by atoms with Crippen LogP contribution >= 0.6 is 0 Å². The van der Waals surface area contributed by atoms with Crippen molar-refractivity contribution in [1.29, 1.82) is 0 Å². The maximum atomic E-state index is 11.9. The second-order valence-electron chi connectivity index (χ2n) is 4.31. The van der Waals surface area contributed by atoms with Gasteiger partial charge in [-0.3, -0.25) is 4.79 Å². The Balaban J connectivity index is 2.02. The molecule has 1 fully saturated rings. The van der Waals surface area contributed by atoms with E-state index in [1.54, 1.807) is 11.2 Å².